The van der Waals surface area contributed by atoms with Gasteiger partial charge in [0, 0.05) is 29.9 Å². The number of fused-ring (bicyclic) bond motifs is 1. The van der Waals surface area contributed by atoms with Gasteiger partial charge in [-0.15, -0.1) is 0 Å². The van der Waals surface area contributed by atoms with Crippen LogP contribution in [0.5, 0.6) is 11.8 Å². The summed E-state index contributed by atoms with van der Waals surface area (Å²) < 4.78 is 7.18. The van der Waals surface area contributed by atoms with E-state index in [1.807, 2.05) is 18.2 Å². The number of aromatic hydroxyl groups is 2. The molecule has 0 spiro atoms. The lowest BCUT2D eigenvalue weighted by Crippen LogP contribution is -2.42. The van der Waals surface area contributed by atoms with Crippen molar-refractivity contribution in [1.29, 1.82) is 0 Å². The van der Waals surface area contributed by atoms with Crippen molar-refractivity contribution in [3.05, 3.63) is 64.6 Å². The average Bonchev–Trinajstić information content (AvgIpc) is 3.51. The number of aromatic amines is 1. The van der Waals surface area contributed by atoms with Gasteiger partial charge >= 0.3 is 0 Å². The summed E-state index contributed by atoms with van der Waals surface area (Å²) in [7, 11) is 0. The number of rotatable bonds is 6. The summed E-state index contributed by atoms with van der Waals surface area (Å²) in [5.41, 5.74) is 2.57. The molecule has 0 radical (unpaired) electrons. The smallest absolute Gasteiger partial charge is 0.251 e. The number of hydrogen-bond acceptors (Lipinski definition) is 9. The zero-order valence-corrected chi connectivity index (χ0v) is 19.0. The summed E-state index contributed by atoms with van der Waals surface area (Å²) in [5.74, 6) is 0.185. The van der Waals surface area contributed by atoms with Crippen molar-refractivity contribution >= 4 is 17.7 Å². The van der Waals surface area contributed by atoms with Crippen LogP contribution in [0.1, 0.15) is 30.1 Å². The molecule has 1 saturated heterocycles. The van der Waals surface area contributed by atoms with Gasteiger partial charge in [0.1, 0.15) is 6.17 Å². The Hall–Kier alpha value is -3.96. The Kier molecular flexibility index (Phi) is 5.55. The third kappa shape index (κ3) is 4.55. The second-order valence-electron chi connectivity index (χ2n) is 8.75. The molecular formula is C24H26N8O3. The van der Waals surface area contributed by atoms with Crippen LogP contribution in [-0.4, -0.2) is 72.0 Å². The molecule has 4 N–H and O–H groups in total. The molecule has 11 heteroatoms. The molecule has 0 bridgehead atoms. The van der Waals surface area contributed by atoms with E-state index in [4.69, 9.17) is 19.7 Å². The zero-order valence-electron chi connectivity index (χ0n) is 19.0. The lowest BCUT2D eigenvalue weighted by molar-refractivity contribution is 0.0215. The fraction of sp³-hybridized carbons (Fsp3) is 0.333. The topological polar surface area (TPSA) is 136 Å². The number of nitrogens with one attached hydrogen (secondary N) is 2. The molecule has 4 heterocycles. The van der Waals surface area contributed by atoms with Crippen molar-refractivity contribution in [1.82, 2.24) is 29.5 Å². The lowest BCUT2D eigenvalue weighted by Gasteiger charge is -2.35. The van der Waals surface area contributed by atoms with Crippen molar-refractivity contribution < 1.29 is 14.9 Å². The molecule has 11 nitrogen and oxygen atoms in total. The van der Waals surface area contributed by atoms with Crippen LogP contribution in [0.15, 0.2) is 47.6 Å². The van der Waals surface area contributed by atoms with Gasteiger partial charge in [-0.1, -0.05) is 30.3 Å². The zero-order chi connectivity index (χ0) is 23.8. The highest BCUT2D eigenvalue weighted by Gasteiger charge is 2.25. The van der Waals surface area contributed by atoms with E-state index in [0.29, 0.717) is 41.2 Å². The third-order valence-corrected chi connectivity index (χ3v) is 6.14. The number of aromatic nitrogens is 5. The molecule has 35 heavy (non-hydrogen) atoms. The summed E-state index contributed by atoms with van der Waals surface area (Å²) in [4.78, 5) is 19.1. The van der Waals surface area contributed by atoms with Gasteiger partial charge in [-0.05, 0) is 24.5 Å². The minimum atomic E-state index is -0.141. The molecule has 1 aliphatic carbocycles. The number of hydrogen-bond donors (Lipinski definition) is 4. The second-order valence-corrected chi connectivity index (χ2v) is 8.75. The minimum absolute atomic E-state index is 0.122. The van der Waals surface area contributed by atoms with E-state index in [2.05, 4.69) is 32.4 Å². The summed E-state index contributed by atoms with van der Waals surface area (Å²) in [6.45, 7) is 2.91. The van der Waals surface area contributed by atoms with Gasteiger partial charge in [0.25, 0.3) is 5.62 Å². The lowest BCUT2D eigenvalue weighted by atomic mass is 10.1. The molecule has 3 aromatic heterocycles. The summed E-state index contributed by atoms with van der Waals surface area (Å²) in [6, 6.07) is 11.9. The first kappa shape index (κ1) is 21.6. The summed E-state index contributed by atoms with van der Waals surface area (Å²) in [6.07, 6.45) is 5.29. The van der Waals surface area contributed by atoms with Gasteiger partial charge in [-0.25, -0.2) is 4.99 Å². The maximum absolute atomic E-state index is 10.1. The highest BCUT2D eigenvalue weighted by atomic mass is 16.5. The van der Waals surface area contributed by atoms with Crippen LogP contribution in [0.3, 0.4) is 0 Å². The minimum Gasteiger partial charge on any atom is -0.494 e. The number of benzene rings is 1. The van der Waals surface area contributed by atoms with Crippen LogP contribution < -0.4 is 16.2 Å². The normalized spacial score (nSPS) is 18.9. The van der Waals surface area contributed by atoms with Gasteiger partial charge in [0.2, 0.25) is 5.95 Å². The van der Waals surface area contributed by atoms with E-state index in [1.165, 1.54) is 6.07 Å². The monoisotopic (exact) mass is 474 g/mol. The van der Waals surface area contributed by atoms with Crippen molar-refractivity contribution in [2.75, 3.05) is 31.6 Å². The van der Waals surface area contributed by atoms with Gasteiger partial charge < -0.3 is 20.3 Å². The summed E-state index contributed by atoms with van der Waals surface area (Å²) in [5, 5.41) is 28.4. The fourth-order valence-corrected chi connectivity index (χ4v) is 4.20. The van der Waals surface area contributed by atoms with E-state index in [-0.39, 0.29) is 24.0 Å². The van der Waals surface area contributed by atoms with E-state index in [9.17, 15) is 10.2 Å². The molecule has 1 atom stereocenters. The fourth-order valence-electron chi connectivity index (χ4n) is 4.20. The molecule has 2 fully saturated rings. The number of anilines is 1. The van der Waals surface area contributed by atoms with E-state index in [1.54, 1.807) is 16.8 Å². The SMILES string of the molecule is Oc1cc(C=c2cnn3c(=NC4CC4)nc(NC(c4ccccc4)N4CCOCC4)nc23)c(O)[nH]1. The van der Waals surface area contributed by atoms with Crippen molar-refractivity contribution in [2.24, 2.45) is 4.99 Å². The molecule has 1 aliphatic heterocycles. The number of H-pyrrole nitrogens is 1. The first-order valence-electron chi connectivity index (χ1n) is 11.7. The van der Waals surface area contributed by atoms with Crippen LogP contribution in [0, 0.1) is 0 Å². The Labute approximate surface area is 200 Å². The Balaban J connectivity index is 1.46. The predicted octanol–water partition coefficient (Wildman–Crippen LogP) is 0.917. The Morgan fingerprint density at radius 3 is 2.66 bits per heavy atom. The van der Waals surface area contributed by atoms with Gasteiger partial charge in [0.05, 0.1) is 25.5 Å². The van der Waals surface area contributed by atoms with Crippen LogP contribution in [0.4, 0.5) is 5.95 Å². The molecule has 1 aromatic carbocycles. The molecule has 2 aliphatic rings. The number of nitrogens with zero attached hydrogens (tertiary/aromatic N) is 6. The largest absolute Gasteiger partial charge is 0.494 e. The number of ether oxygens (including phenoxy) is 1. The van der Waals surface area contributed by atoms with Crippen LogP contribution in [0.2, 0.25) is 0 Å². The Bertz CT molecular complexity index is 1460. The first-order chi connectivity index (χ1) is 17.1. The van der Waals surface area contributed by atoms with E-state index in [0.717, 1.165) is 31.5 Å². The second kappa shape index (κ2) is 9.01. The molecular weight excluding hydrogens is 448 g/mol. The molecule has 4 aromatic rings. The highest BCUT2D eigenvalue weighted by Crippen LogP contribution is 2.24. The van der Waals surface area contributed by atoms with Crippen LogP contribution in [0.25, 0.3) is 11.7 Å². The van der Waals surface area contributed by atoms with Gasteiger partial charge in [0.15, 0.2) is 17.4 Å². The quantitative estimate of drug-likeness (QED) is 0.324. The predicted molar refractivity (Wildman–Crippen MR) is 127 cm³/mol. The molecule has 180 valence electrons. The van der Waals surface area contributed by atoms with Crippen LogP contribution in [-0.2, 0) is 4.74 Å². The standard InChI is InChI=1S/C24H26N8O3/c33-19-13-16(22(34)27-19)12-17-14-25-32-21(17)29-23(30-24(32)26-18-6-7-18)28-20(15-4-2-1-3-5-15)31-8-10-35-11-9-31/h1-5,12-14,18,20,27,33-34H,6-11H2,(H,26,28,30). The average molecular weight is 475 g/mol. The van der Waals surface area contributed by atoms with Gasteiger partial charge in [-0.3, -0.25) is 9.88 Å². The maximum atomic E-state index is 10.1. The van der Waals surface area contributed by atoms with Crippen LogP contribution >= 0.6 is 0 Å². The molecule has 1 unspecified atom stereocenters. The summed E-state index contributed by atoms with van der Waals surface area (Å²) >= 11 is 0. The Morgan fingerprint density at radius 2 is 1.94 bits per heavy atom. The third-order valence-electron chi connectivity index (χ3n) is 6.14. The number of morpholine rings is 1. The molecule has 0 amide bonds. The van der Waals surface area contributed by atoms with E-state index < -0.39 is 0 Å². The van der Waals surface area contributed by atoms with Crippen molar-refractivity contribution in [3.8, 4) is 11.8 Å². The first-order valence-corrected chi connectivity index (χ1v) is 11.7. The van der Waals surface area contributed by atoms with Gasteiger partial charge in [-0.2, -0.15) is 19.6 Å². The maximum Gasteiger partial charge on any atom is 0.251 e. The van der Waals surface area contributed by atoms with Crippen molar-refractivity contribution in [3.63, 3.8) is 0 Å². The highest BCUT2D eigenvalue weighted by molar-refractivity contribution is 5.61. The van der Waals surface area contributed by atoms with E-state index >= 15 is 0 Å². The molecule has 1 saturated carbocycles. The molecule has 6 rings (SSSR count). The Morgan fingerprint density at radius 1 is 1.14 bits per heavy atom. The van der Waals surface area contributed by atoms with Crippen molar-refractivity contribution in [2.45, 2.75) is 25.0 Å².